The molecule has 6 heteroatoms. The minimum absolute atomic E-state index is 0.288. The SMILES string of the molecule is CC(C)(C)OC(=O)Nc1cc(F)c2c(Cl)cccc2c1Br. The predicted molar refractivity (Wildman–Crippen MR) is 86.5 cm³/mol. The molecule has 0 radical (unpaired) electrons. The lowest BCUT2D eigenvalue weighted by atomic mass is 10.1. The number of anilines is 1. The van der Waals surface area contributed by atoms with Crippen LogP contribution in [0.15, 0.2) is 28.7 Å². The molecule has 0 unspecified atom stereocenters. The van der Waals surface area contributed by atoms with Gasteiger partial charge >= 0.3 is 6.09 Å². The summed E-state index contributed by atoms with van der Waals surface area (Å²) in [6.45, 7) is 5.26. The summed E-state index contributed by atoms with van der Waals surface area (Å²) in [5, 5.41) is 3.73. The van der Waals surface area contributed by atoms with Gasteiger partial charge in [0.15, 0.2) is 0 Å². The fraction of sp³-hybridized carbons (Fsp3) is 0.267. The number of carbonyl (C=O) groups excluding carboxylic acids is 1. The smallest absolute Gasteiger partial charge is 0.412 e. The first kappa shape index (κ1) is 16.0. The van der Waals surface area contributed by atoms with Crippen molar-refractivity contribution in [3.8, 4) is 0 Å². The number of rotatable bonds is 1. The van der Waals surface area contributed by atoms with Gasteiger partial charge in [0, 0.05) is 15.2 Å². The lowest BCUT2D eigenvalue weighted by Crippen LogP contribution is -2.27. The van der Waals surface area contributed by atoms with E-state index < -0.39 is 17.5 Å². The highest BCUT2D eigenvalue weighted by molar-refractivity contribution is 9.10. The lowest BCUT2D eigenvalue weighted by Gasteiger charge is -2.20. The summed E-state index contributed by atoms with van der Waals surface area (Å²) in [6.07, 6.45) is -0.649. The molecule has 0 bridgehead atoms. The molecule has 2 rings (SSSR count). The number of amides is 1. The minimum Gasteiger partial charge on any atom is -0.444 e. The highest BCUT2D eigenvalue weighted by Gasteiger charge is 2.19. The number of hydrogen-bond acceptors (Lipinski definition) is 2. The van der Waals surface area contributed by atoms with Crippen molar-refractivity contribution >= 4 is 50.1 Å². The Morgan fingerprint density at radius 1 is 1.38 bits per heavy atom. The van der Waals surface area contributed by atoms with Gasteiger partial charge in [0.2, 0.25) is 0 Å². The van der Waals surface area contributed by atoms with Crippen LogP contribution < -0.4 is 5.32 Å². The van der Waals surface area contributed by atoms with Crippen LogP contribution in [0.3, 0.4) is 0 Å². The van der Waals surface area contributed by atoms with Crippen LogP contribution in [0.25, 0.3) is 10.8 Å². The van der Waals surface area contributed by atoms with Gasteiger partial charge in [-0.25, -0.2) is 9.18 Å². The van der Waals surface area contributed by atoms with E-state index in [9.17, 15) is 9.18 Å². The van der Waals surface area contributed by atoms with Crippen molar-refractivity contribution in [1.29, 1.82) is 0 Å². The zero-order chi connectivity index (χ0) is 15.8. The van der Waals surface area contributed by atoms with Crippen molar-refractivity contribution in [2.75, 3.05) is 5.32 Å². The third-order valence-corrected chi connectivity index (χ3v) is 3.80. The second-order valence-electron chi connectivity index (χ2n) is 5.51. The van der Waals surface area contributed by atoms with Gasteiger partial charge in [0.1, 0.15) is 11.4 Å². The quantitative estimate of drug-likeness (QED) is 0.691. The fourth-order valence-electron chi connectivity index (χ4n) is 1.86. The molecule has 3 nitrogen and oxygen atoms in total. The van der Waals surface area contributed by atoms with Gasteiger partial charge < -0.3 is 4.74 Å². The molecule has 21 heavy (non-hydrogen) atoms. The highest BCUT2D eigenvalue weighted by Crippen LogP contribution is 2.36. The van der Waals surface area contributed by atoms with Crippen molar-refractivity contribution in [1.82, 2.24) is 0 Å². The summed E-state index contributed by atoms with van der Waals surface area (Å²) in [5.74, 6) is -0.509. The zero-order valence-electron chi connectivity index (χ0n) is 11.8. The summed E-state index contributed by atoms with van der Waals surface area (Å²) in [6, 6.07) is 6.25. The third-order valence-electron chi connectivity index (χ3n) is 2.63. The van der Waals surface area contributed by atoms with E-state index in [2.05, 4.69) is 21.2 Å². The first-order valence-electron chi connectivity index (χ1n) is 6.25. The summed E-state index contributed by atoms with van der Waals surface area (Å²) >= 11 is 9.37. The van der Waals surface area contributed by atoms with E-state index in [0.717, 1.165) is 0 Å². The summed E-state index contributed by atoms with van der Waals surface area (Å²) < 4.78 is 19.9. The average Bonchev–Trinajstić information content (AvgIpc) is 2.32. The molecule has 0 aliphatic rings. The largest absolute Gasteiger partial charge is 0.444 e. The number of ether oxygens (including phenoxy) is 1. The van der Waals surface area contributed by atoms with Crippen molar-refractivity contribution < 1.29 is 13.9 Å². The molecule has 0 aromatic heterocycles. The Hall–Kier alpha value is -1.33. The number of hydrogen-bond donors (Lipinski definition) is 1. The number of fused-ring (bicyclic) bond motifs is 1. The summed E-state index contributed by atoms with van der Waals surface area (Å²) in [4.78, 5) is 11.8. The maximum Gasteiger partial charge on any atom is 0.412 e. The van der Waals surface area contributed by atoms with Crippen LogP contribution in [0.5, 0.6) is 0 Å². The van der Waals surface area contributed by atoms with Crippen molar-refractivity contribution in [2.24, 2.45) is 0 Å². The van der Waals surface area contributed by atoms with Crippen LogP contribution in [0, 0.1) is 5.82 Å². The molecule has 0 aliphatic carbocycles. The number of benzene rings is 2. The van der Waals surface area contributed by atoms with Crippen LogP contribution in [0.1, 0.15) is 20.8 Å². The van der Waals surface area contributed by atoms with Crippen molar-refractivity contribution in [2.45, 2.75) is 26.4 Å². The number of carbonyl (C=O) groups is 1. The Balaban J connectivity index is 2.43. The Labute approximate surface area is 135 Å². The molecule has 0 aliphatic heterocycles. The topological polar surface area (TPSA) is 38.3 Å². The molecule has 1 amide bonds. The number of halogens is 3. The summed E-state index contributed by atoms with van der Waals surface area (Å²) in [7, 11) is 0. The molecule has 0 heterocycles. The van der Waals surface area contributed by atoms with Crippen molar-refractivity contribution in [3.05, 3.63) is 39.6 Å². The molecule has 112 valence electrons. The standard InChI is InChI=1S/C15H14BrClFNO2/c1-15(2,3)21-14(20)19-11-7-10(18)12-8(13(11)16)5-4-6-9(12)17/h4-7H,1-3H3,(H,19,20). The van der Waals surface area contributed by atoms with E-state index in [1.54, 1.807) is 39.0 Å². The van der Waals surface area contributed by atoms with E-state index in [1.807, 2.05) is 0 Å². The van der Waals surface area contributed by atoms with Crippen molar-refractivity contribution in [3.63, 3.8) is 0 Å². The Morgan fingerprint density at radius 3 is 2.67 bits per heavy atom. The van der Waals surface area contributed by atoms with Crippen LogP contribution in [-0.4, -0.2) is 11.7 Å². The van der Waals surface area contributed by atoms with E-state index in [1.165, 1.54) is 6.07 Å². The molecule has 2 aromatic rings. The molecule has 0 spiro atoms. The zero-order valence-corrected chi connectivity index (χ0v) is 14.1. The van der Waals surface area contributed by atoms with E-state index in [4.69, 9.17) is 16.3 Å². The fourth-order valence-corrected chi connectivity index (χ4v) is 2.67. The second-order valence-corrected chi connectivity index (χ2v) is 6.71. The monoisotopic (exact) mass is 373 g/mol. The van der Waals surface area contributed by atoms with Gasteiger partial charge in [-0.15, -0.1) is 0 Å². The third kappa shape index (κ3) is 3.66. The Kier molecular flexibility index (Phi) is 4.44. The molecular formula is C15H14BrClFNO2. The van der Waals surface area contributed by atoms with Gasteiger partial charge in [-0.1, -0.05) is 23.7 Å². The normalized spacial score (nSPS) is 11.5. The highest BCUT2D eigenvalue weighted by atomic mass is 79.9. The molecule has 0 fully saturated rings. The lowest BCUT2D eigenvalue weighted by molar-refractivity contribution is 0.0636. The molecule has 0 atom stereocenters. The first-order chi connectivity index (χ1) is 9.69. The van der Waals surface area contributed by atoms with Gasteiger partial charge in [0.25, 0.3) is 0 Å². The second kappa shape index (κ2) is 5.81. The van der Waals surface area contributed by atoms with Gasteiger partial charge in [-0.05, 0) is 48.8 Å². The average molecular weight is 375 g/mol. The van der Waals surface area contributed by atoms with E-state index >= 15 is 0 Å². The first-order valence-corrected chi connectivity index (χ1v) is 7.42. The van der Waals surface area contributed by atoms with Crippen LogP contribution >= 0.6 is 27.5 Å². The van der Waals surface area contributed by atoms with E-state index in [-0.39, 0.29) is 5.69 Å². The van der Waals surface area contributed by atoms with Gasteiger partial charge in [0.05, 0.1) is 10.7 Å². The Bertz CT molecular complexity index is 713. The Morgan fingerprint density at radius 2 is 2.05 bits per heavy atom. The summed E-state index contributed by atoms with van der Waals surface area (Å²) in [5.41, 5.74) is -0.341. The predicted octanol–water partition coefficient (Wildman–Crippen LogP) is 5.74. The molecule has 2 aromatic carbocycles. The molecular weight excluding hydrogens is 361 g/mol. The maximum atomic E-state index is 14.2. The van der Waals surface area contributed by atoms with E-state index in [0.29, 0.717) is 20.3 Å². The van der Waals surface area contributed by atoms with Crippen LogP contribution in [0.2, 0.25) is 5.02 Å². The van der Waals surface area contributed by atoms with Crippen LogP contribution in [0.4, 0.5) is 14.9 Å². The molecule has 0 saturated carbocycles. The maximum absolute atomic E-state index is 14.2. The van der Waals surface area contributed by atoms with Gasteiger partial charge in [-0.3, -0.25) is 5.32 Å². The molecule has 0 saturated heterocycles. The van der Waals surface area contributed by atoms with Crippen LogP contribution in [-0.2, 0) is 4.74 Å². The van der Waals surface area contributed by atoms with Gasteiger partial charge in [-0.2, -0.15) is 0 Å². The number of nitrogens with one attached hydrogen (secondary N) is 1. The minimum atomic E-state index is -0.649. The molecule has 1 N–H and O–H groups in total.